The third-order valence-electron chi connectivity index (χ3n) is 2.98. The van der Waals surface area contributed by atoms with Gasteiger partial charge in [0.1, 0.15) is 5.37 Å². The maximum atomic E-state index is 12.6. The van der Waals surface area contributed by atoms with Crippen LogP contribution in [0.5, 0.6) is 0 Å². The van der Waals surface area contributed by atoms with Crippen LogP contribution in [0.2, 0.25) is 0 Å². The molecule has 2 atom stereocenters. The van der Waals surface area contributed by atoms with Crippen LogP contribution in [0, 0.1) is 0 Å². The van der Waals surface area contributed by atoms with Gasteiger partial charge in [-0.1, -0.05) is 18.7 Å². The summed E-state index contributed by atoms with van der Waals surface area (Å²) in [6.07, 6.45) is 0.845. The molecule has 0 saturated carbocycles. The van der Waals surface area contributed by atoms with Crippen molar-refractivity contribution in [2.75, 3.05) is 6.26 Å². The first-order valence-corrected chi connectivity index (χ1v) is 8.22. The zero-order valence-corrected chi connectivity index (χ0v) is 12.6. The summed E-state index contributed by atoms with van der Waals surface area (Å²) in [7, 11) is 0. The van der Waals surface area contributed by atoms with Gasteiger partial charge >= 0.3 is 6.36 Å². The number of fused-ring (bicyclic) bond motifs is 1. The first-order chi connectivity index (χ1) is 9.35. The summed E-state index contributed by atoms with van der Waals surface area (Å²) in [5.41, 5.74) is 0.351. The van der Waals surface area contributed by atoms with Gasteiger partial charge in [0.2, 0.25) is 0 Å². The second-order valence-corrected chi connectivity index (χ2v) is 6.56. The molecule has 1 fully saturated rings. The zero-order chi connectivity index (χ0) is 14.9. The summed E-state index contributed by atoms with van der Waals surface area (Å²) in [6.45, 7) is 1.92. The Balaban J connectivity index is 2.31. The van der Waals surface area contributed by atoms with E-state index in [1.807, 2.05) is 13.2 Å². The maximum absolute atomic E-state index is 12.6. The van der Waals surface area contributed by atoms with E-state index < -0.39 is 11.7 Å². The van der Waals surface area contributed by atoms with Crippen molar-refractivity contribution in [1.82, 2.24) is 5.06 Å². The minimum absolute atomic E-state index is 0.0233. The Bertz CT molecular complexity index is 458. The number of allylic oxidation sites excluding steroid dienone is 2. The van der Waals surface area contributed by atoms with Crippen molar-refractivity contribution in [3.8, 4) is 0 Å². The highest BCUT2D eigenvalue weighted by Gasteiger charge is 2.45. The number of carbonyl (C=O) groups is 1. The van der Waals surface area contributed by atoms with Gasteiger partial charge in [-0.05, 0) is 24.8 Å². The fourth-order valence-corrected chi connectivity index (χ4v) is 4.64. The molecule has 1 saturated heterocycles. The average Bonchev–Trinajstić information content (AvgIpc) is 2.67. The number of halogens is 3. The van der Waals surface area contributed by atoms with E-state index in [0.29, 0.717) is 17.0 Å². The topological polar surface area (TPSA) is 29.5 Å². The van der Waals surface area contributed by atoms with Crippen LogP contribution in [0.1, 0.15) is 19.8 Å². The lowest BCUT2D eigenvalue weighted by atomic mass is 10.1. The van der Waals surface area contributed by atoms with Crippen LogP contribution in [-0.2, 0) is 9.63 Å². The van der Waals surface area contributed by atoms with Crippen molar-refractivity contribution in [1.29, 1.82) is 0 Å². The van der Waals surface area contributed by atoms with Crippen LogP contribution in [-0.4, -0.2) is 34.1 Å². The SMILES string of the molecule is CCC(SC)C1SC2=CC(=O)CC=C2N1OC(F)(F)F. The molecule has 0 amide bonds. The van der Waals surface area contributed by atoms with Gasteiger partial charge in [-0.25, -0.2) is 5.06 Å². The second-order valence-electron chi connectivity index (χ2n) is 4.32. The molecule has 2 aliphatic rings. The summed E-state index contributed by atoms with van der Waals surface area (Å²) in [6, 6.07) is 0. The summed E-state index contributed by atoms with van der Waals surface area (Å²) in [4.78, 5) is 16.1. The minimum atomic E-state index is -4.74. The molecule has 1 heterocycles. The van der Waals surface area contributed by atoms with Gasteiger partial charge in [-0.15, -0.1) is 13.2 Å². The van der Waals surface area contributed by atoms with E-state index >= 15 is 0 Å². The quantitative estimate of drug-likeness (QED) is 0.786. The Morgan fingerprint density at radius 2 is 2.30 bits per heavy atom. The molecule has 1 aliphatic heterocycles. The summed E-state index contributed by atoms with van der Waals surface area (Å²) >= 11 is 2.75. The molecular weight excluding hydrogens is 311 g/mol. The van der Waals surface area contributed by atoms with Crippen molar-refractivity contribution in [3.05, 3.63) is 22.8 Å². The minimum Gasteiger partial charge on any atom is -0.294 e. The highest BCUT2D eigenvalue weighted by Crippen LogP contribution is 2.48. The molecule has 8 heteroatoms. The van der Waals surface area contributed by atoms with Gasteiger partial charge in [0.05, 0.1) is 5.70 Å². The van der Waals surface area contributed by atoms with Crippen LogP contribution in [0.25, 0.3) is 0 Å². The largest absolute Gasteiger partial charge is 0.544 e. The van der Waals surface area contributed by atoms with Crippen LogP contribution >= 0.6 is 23.5 Å². The smallest absolute Gasteiger partial charge is 0.294 e. The molecule has 0 N–H and O–H groups in total. The molecule has 2 unspecified atom stereocenters. The number of alkyl halides is 3. The Kier molecular flexibility index (Phi) is 4.76. The van der Waals surface area contributed by atoms with Gasteiger partial charge in [0.25, 0.3) is 0 Å². The first kappa shape index (κ1) is 15.8. The van der Waals surface area contributed by atoms with Gasteiger partial charge in [0, 0.05) is 16.6 Å². The van der Waals surface area contributed by atoms with Crippen molar-refractivity contribution >= 4 is 29.3 Å². The van der Waals surface area contributed by atoms with E-state index in [1.54, 1.807) is 0 Å². The number of carbonyl (C=O) groups excluding carboxylic acids is 1. The van der Waals surface area contributed by atoms with Gasteiger partial charge in [-0.3, -0.25) is 4.79 Å². The molecule has 20 heavy (non-hydrogen) atoms. The lowest BCUT2D eigenvalue weighted by Crippen LogP contribution is -2.39. The highest BCUT2D eigenvalue weighted by molar-refractivity contribution is 8.06. The monoisotopic (exact) mass is 325 g/mol. The van der Waals surface area contributed by atoms with Crippen LogP contribution in [0.3, 0.4) is 0 Å². The zero-order valence-electron chi connectivity index (χ0n) is 10.9. The fourth-order valence-electron chi connectivity index (χ4n) is 2.11. The maximum Gasteiger partial charge on any atom is 0.544 e. The van der Waals surface area contributed by atoms with Crippen molar-refractivity contribution in [2.24, 2.45) is 0 Å². The standard InChI is InChI=1S/C12H14F3NO2S2/c1-3-9(19-2)11-16(18-12(13,14)15)8-5-4-7(17)6-10(8)20-11/h5-6,9,11H,3-4H2,1-2H3. The third kappa shape index (κ3) is 3.35. The molecule has 0 bridgehead atoms. The molecule has 0 aromatic heterocycles. The molecule has 0 radical (unpaired) electrons. The molecule has 0 aromatic rings. The Morgan fingerprint density at radius 1 is 1.60 bits per heavy atom. The van der Waals surface area contributed by atoms with E-state index in [2.05, 4.69) is 4.84 Å². The number of hydrogen-bond acceptors (Lipinski definition) is 5. The Morgan fingerprint density at radius 3 is 2.85 bits per heavy atom. The number of rotatable bonds is 4. The van der Waals surface area contributed by atoms with Crippen LogP contribution < -0.4 is 0 Å². The van der Waals surface area contributed by atoms with E-state index in [9.17, 15) is 18.0 Å². The molecular formula is C12H14F3NO2S2. The molecule has 3 nitrogen and oxygen atoms in total. The number of ketones is 1. The molecule has 2 rings (SSSR count). The van der Waals surface area contributed by atoms with E-state index in [0.717, 1.165) is 5.06 Å². The molecule has 1 aliphatic carbocycles. The van der Waals surface area contributed by atoms with E-state index in [-0.39, 0.29) is 17.5 Å². The van der Waals surface area contributed by atoms with Crippen molar-refractivity contribution in [2.45, 2.75) is 36.8 Å². The average molecular weight is 325 g/mol. The number of nitrogens with zero attached hydrogens (tertiary/aromatic N) is 1. The van der Waals surface area contributed by atoms with Crippen molar-refractivity contribution in [3.63, 3.8) is 0 Å². The highest BCUT2D eigenvalue weighted by atomic mass is 32.2. The van der Waals surface area contributed by atoms with Gasteiger partial charge < -0.3 is 0 Å². The Hall–Kier alpha value is -0.600. The summed E-state index contributed by atoms with van der Waals surface area (Å²) < 4.78 is 37.8. The predicted octanol–water partition coefficient (Wildman–Crippen LogP) is 3.69. The van der Waals surface area contributed by atoms with Crippen LogP contribution in [0.4, 0.5) is 13.2 Å². The van der Waals surface area contributed by atoms with Crippen molar-refractivity contribution < 1.29 is 22.8 Å². The number of hydroxylamine groups is 2. The lowest BCUT2D eigenvalue weighted by Gasteiger charge is -2.30. The second kappa shape index (κ2) is 6.03. The molecule has 0 spiro atoms. The van der Waals surface area contributed by atoms with E-state index in [4.69, 9.17) is 0 Å². The Labute approximate surface area is 123 Å². The number of hydrogen-bond donors (Lipinski definition) is 0. The summed E-state index contributed by atoms with van der Waals surface area (Å²) in [5.74, 6) is -0.0962. The van der Waals surface area contributed by atoms with Gasteiger partial charge in [-0.2, -0.15) is 16.6 Å². The normalized spacial score (nSPS) is 24.4. The van der Waals surface area contributed by atoms with Crippen LogP contribution in [0.15, 0.2) is 22.8 Å². The summed E-state index contributed by atoms with van der Waals surface area (Å²) in [5, 5.41) is 0.401. The number of thioether (sulfide) groups is 2. The fraction of sp³-hybridized carbons (Fsp3) is 0.583. The third-order valence-corrected chi connectivity index (χ3v) is 5.69. The predicted molar refractivity (Wildman–Crippen MR) is 73.7 cm³/mol. The van der Waals surface area contributed by atoms with Gasteiger partial charge in [0.15, 0.2) is 5.78 Å². The molecule has 112 valence electrons. The van der Waals surface area contributed by atoms with E-state index in [1.165, 1.54) is 35.7 Å². The lowest BCUT2D eigenvalue weighted by molar-refractivity contribution is -0.406. The first-order valence-electron chi connectivity index (χ1n) is 6.05. The molecule has 0 aromatic carbocycles.